The van der Waals surface area contributed by atoms with E-state index >= 15 is 0 Å². The number of nitrogens with two attached hydrogens (primary N) is 1. The van der Waals surface area contributed by atoms with Crippen LogP contribution in [-0.2, 0) is 4.79 Å². The smallest absolute Gasteiger partial charge is 0.241 e. The van der Waals surface area contributed by atoms with E-state index in [1.54, 1.807) is 6.20 Å². The summed E-state index contributed by atoms with van der Waals surface area (Å²) in [4.78, 5) is 20.7. The van der Waals surface area contributed by atoms with Gasteiger partial charge < -0.3 is 11.1 Å². The maximum atomic E-state index is 12.1. The van der Waals surface area contributed by atoms with E-state index in [1.165, 1.54) is 0 Å². The summed E-state index contributed by atoms with van der Waals surface area (Å²) in [6.45, 7) is 7.74. The fourth-order valence-electron chi connectivity index (χ4n) is 1.90. The molecule has 1 aromatic heterocycles. The van der Waals surface area contributed by atoms with E-state index in [0.717, 1.165) is 11.3 Å². The molecule has 1 amide bonds. The van der Waals surface area contributed by atoms with Gasteiger partial charge in [0.05, 0.1) is 6.04 Å². The van der Waals surface area contributed by atoms with Gasteiger partial charge in [-0.3, -0.25) is 4.79 Å². The van der Waals surface area contributed by atoms with Crippen molar-refractivity contribution in [1.29, 1.82) is 0 Å². The lowest BCUT2D eigenvalue weighted by atomic mass is 9.87. The molecule has 2 rings (SSSR count). The van der Waals surface area contributed by atoms with Crippen molar-refractivity contribution in [2.75, 3.05) is 5.32 Å². The predicted octanol–water partition coefficient (Wildman–Crippen LogP) is 2.76. The van der Waals surface area contributed by atoms with E-state index in [-0.39, 0.29) is 11.3 Å². The highest BCUT2D eigenvalue weighted by atomic mass is 16.2. The number of nitrogens with one attached hydrogen (secondary N) is 1. The molecule has 3 N–H and O–H groups in total. The first-order valence-corrected chi connectivity index (χ1v) is 7.24. The number of rotatable bonds is 3. The number of hydrogen-bond acceptors (Lipinski definition) is 4. The summed E-state index contributed by atoms with van der Waals surface area (Å²) in [5.74, 6) is 0.483. The fourth-order valence-corrected chi connectivity index (χ4v) is 1.90. The highest BCUT2D eigenvalue weighted by Gasteiger charge is 2.27. The first-order valence-electron chi connectivity index (χ1n) is 7.24. The molecule has 0 aliphatic heterocycles. The van der Waals surface area contributed by atoms with Gasteiger partial charge in [0.15, 0.2) is 5.82 Å². The largest absolute Gasteiger partial charge is 0.325 e. The van der Waals surface area contributed by atoms with Crippen LogP contribution in [0, 0.1) is 12.3 Å². The molecular weight excluding hydrogens is 276 g/mol. The van der Waals surface area contributed by atoms with Gasteiger partial charge in [0.1, 0.15) is 0 Å². The molecule has 1 aromatic carbocycles. The van der Waals surface area contributed by atoms with Crippen LogP contribution >= 0.6 is 0 Å². The van der Waals surface area contributed by atoms with E-state index in [1.807, 2.05) is 58.0 Å². The van der Waals surface area contributed by atoms with Crippen molar-refractivity contribution in [3.63, 3.8) is 0 Å². The molecule has 0 saturated heterocycles. The molecule has 0 saturated carbocycles. The van der Waals surface area contributed by atoms with Gasteiger partial charge in [0.2, 0.25) is 5.91 Å². The Bertz CT molecular complexity index is 659. The Labute approximate surface area is 131 Å². The van der Waals surface area contributed by atoms with Gasteiger partial charge in [-0.05, 0) is 42.7 Å². The lowest BCUT2D eigenvalue weighted by Crippen LogP contribution is -2.45. The highest BCUT2D eigenvalue weighted by Crippen LogP contribution is 2.21. The molecule has 0 unspecified atom stereocenters. The van der Waals surface area contributed by atoms with Crippen LogP contribution in [0.15, 0.2) is 36.5 Å². The van der Waals surface area contributed by atoms with Crippen LogP contribution in [-0.4, -0.2) is 21.9 Å². The average molecular weight is 298 g/mol. The first kappa shape index (κ1) is 16.1. The lowest BCUT2D eigenvalue weighted by Gasteiger charge is -2.25. The molecule has 2 aromatic rings. The summed E-state index contributed by atoms with van der Waals surface area (Å²) in [5, 5.41) is 2.83. The van der Waals surface area contributed by atoms with Crippen molar-refractivity contribution in [1.82, 2.24) is 9.97 Å². The Morgan fingerprint density at radius 1 is 1.18 bits per heavy atom. The zero-order chi connectivity index (χ0) is 16.3. The minimum absolute atomic E-state index is 0.188. The van der Waals surface area contributed by atoms with E-state index < -0.39 is 6.04 Å². The number of carbonyl (C=O) groups excluding carboxylic acids is 1. The molecule has 5 nitrogen and oxygen atoms in total. The van der Waals surface area contributed by atoms with Crippen LogP contribution in [0.5, 0.6) is 0 Å². The Balaban J connectivity index is 2.11. The third kappa shape index (κ3) is 3.89. The average Bonchev–Trinajstić information content (AvgIpc) is 2.46. The number of benzene rings is 1. The number of hydrogen-bond donors (Lipinski definition) is 2. The summed E-state index contributed by atoms with van der Waals surface area (Å²) < 4.78 is 0. The number of amides is 1. The zero-order valence-corrected chi connectivity index (χ0v) is 13.4. The summed E-state index contributed by atoms with van der Waals surface area (Å²) in [6, 6.07) is 8.71. The van der Waals surface area contributed by atoms with Crippen LogP contribution in [0.4, 0.5) is 5.69 Å². The Hall–Kier alpha value is -2.27. The Morgan fingerprint density at radius 2 is 1.82 bits per heavy atom. The number of aromatic nitrogens is 2. The number of nitrogens with zero attached hydrogens (tertiary/aromatic N) is 2. The molecule has 0 spiro atoms. The summed E-state index contributed by atoms with van der Waals surface area (Å²) >= 11 is 0. The second kappa shape index (κ2) is 6.23. The van der Waals surface area contributed by atoms with Crippen LogP contribution < -0.4 is 11.1 Å². The zero-order valence-electron chi connectivity index (χ0n) is 13.4. The molecule has 116 valence electrons. The van der Waals surface area contributed by atoms with E-state index in [4.69, 9.17) is 5.73 Å². The van der Waals surface area contributed by atoms with Gasteiger partial charge in [-0.15, -0.1) is 0 Å². The van der Waals surface area contributed by atoms with Crippen LogP contribution in [0.3, 0.4) is 0 Å². The molecule has 5 heteroatoms. The van der Waals surface area contributed by atoms with Gasteiger partial charge >= 0.3 is 0 Å². The molecule has 1 atom stereocenters. The number of anilines is 1. The maximum Gasteiger partial charge on any atom is 0.241 e. The van der Waals surface area contributed by atoms with Crippen molar-refractivity contribution < 1.29 is 4.79 Å². The van der Waals surface area contributed by atoms with Crippen molar-refractivity contribution in [2.24, 2.45) is 11.1 Å². The summed E-state index contributed by atoms with van der Waals surface area (Å²) in [7, 11) is 0. The number of aryl methyl sites for hydroxylation is 1. The molecule has 1 heterocycles. The van der Waals surface area contributed by atoms with Crippen molar-refractivity contribution in [3.05, 3.63) is 42.2 Å². The maximum absolute atomic E-state index is 12.1. The number of carbonyl (C=O) groups is 1. The molecule has 0 fully saturated rings. The topological polar surface area (TPSA) is 80.9 Å². The fraction of sp³-hybridized carbons (Fsp3) is 0.353. The quantitative estimate of drug-likeness (QED) is 0.913. The Morgan fingerprint density at radius 3 is 2.36 bits per heavy atom. The van der Waals surface area contributed by atoms with Gasteiger partial charge in [0.25, 0.3) is 0 Å². The van der Waals surface area contributed by atoms with Gasteiger partial charge in [-0.25, -0.2) is 9.97 Å². The minimum Gasteiger partial charge on any atom is -0.325 e. The van der Waals surface area contributed by atoms with Gasteiger partial charge in [-0.1, -0.05) is 20.8 Å². The Kier molecular flexibility index (Phi) is 4.56. The van der Waals surface area contributed by atoms with Gasteiger partial charge in [-0.2, -0.15) is 0 Å². The second-order valence-corrected chi connectivity index (χ2v) is 6.43. The first-order chi connectivity index (χ1) is 10.3. The third-order valence-corrected chi connectivity index (χ3v) is 3.42. The normalized spacial score (nSPS) is 12.8. The summed E-state index contributed by atoms with van der Waals surface area (Å²) in [5.41, 5.74) is 8.20. The predicted molar refractivity (Wildman–Crippen MR) is 88.3 cm³/mol. The van der Waals surface area contributed by atoms with Crippen LogP contribution in [0.2, 0.25) is 0 Å². The molecular formula is C17H22N4O. The third-order valence-electron chi connectivity index (χ3n) is 3.42. The van der Waals surface area contributed by atoms with E-state index in [0.29, 0.717) is 11.5 Å². The molecule has 22 heavy (non-hydrogen) atoms. The molecule has 0 bridgehead atoms. The standard InChI is InChI=1S/C17H22N4O/c1-11-9-10-19-15(20-11)12-5-7-13(8-6-12)21-16(22)14(18)17(2,3)4/h5-10,14H,18H2,1-4H3,(H,21,22)/t14-/m1/s1. The van der Waals surface area contributed by atoms with Crippen LogP contribution in [0.25, 0.3) is 11.4 Å². The highest BCUT2D eigenvalue weighted by molar-refractivity contribution is 5.95. The summed E-state index contributed by atoms with van der Waals surface area (Å²) in [6.07, 6.45) is 1.73. The monoisotopic (exact) mass is 298 g/mol. The molecule has 0 aliphatic carbocycles. The van der Waals surface area contributed by atoms with E-state index in [2.05, 4.69) is 15.3 Å². The second-order valence-electron chi connectivity index (χ2n) is 6.43. The molecule has 0 aliphatic rings. The van der Waals surface area contributed by atoms with Crippen molar-refractivity contribution in [3.8, 4) is 11.4 Å². The van der Waals surface area contributed by atoms with Crippen molar-refractivity contribution >= 4 is 11.6 Å². The van der Waals surface area contributed by atoms with E-state index in [9.17, 15) is 4.79 Å². The SMILES string of the molecule is Cc1ccnc(-c2ccc(NC(=O)[C@@H](N)C(C)(C)C)cc2)n1. The minimum atomic E-state index is -0.563. The van der Waals surface area contributed by atoms with Crippen LogP contribution in [0.1, 0.15) is 26.5 Å². The van der Waals surface area contributed by atoms with Gasteiger partial charge in [0, 0.05) is 23.1 Å². The lowest BCUT2D eigenvalue weighted by molar-refractivity contribution is -0.119. The molecule has 0 radical (unpaired) electrons. The van der Waals surface area contributed by atoms with Crippen molar-refractivity contribution in [2.45, 2.75) is 33.7 Å².